The van der Waals surface area contributed by atoms with E-state index in [-0.39, 0.29) is 18.6 Å². The van der Waals surface area contributed by atoms with Crippen molar-refractivity contribution in [2.24, 2.45) is 5.92 Å². The fourth-order valence-electron chi connectivity index (χ4n) is 3.94. The Morgan fingerprint density at radius 3 is 2.50 bits per heavy atom. The van der Waals surface area contributed by atoms with Gasteiger partial charge in [-0.25, -0.2) is 0 Å². The van der Waals surface area contributed by atoms with Crippen LogP contribution in [0.4, 0.5) is 0 Å². The van der Waals surface area contributed by atoms with Gasteiger partial charge < -0.3 is 20.8 Å². The van der Waals surface area contributed by atoms with Crippen LogP contribution in [0.3, 0.4) is 0 Å². The van der Waals surface area contributed by atoms with Gasteiger partial charge in [-0.3, -0.25) is 4.79 Å². The summed E-state index contributed by atoms with van der Waals surface area (Å²) >= 11 is 1.63. The van der Waals surface area contributed by atoms with Crippen molar-refractivity contribution in [2.45, 2.75) is 48.8 Å². The van der Waals surface area contributed by atoms with Crippen LogP contribution in [0.2, 0.25) is 0 Å². The van der Waals surface area contributed by atoms with E-state index >= 15 is 0 Å². The summed E-state index contributed by atoms with van der Waals surface area (Å²) in [4.78, 5) is 13.8. The molecule has 4 N–H and O–H groups in total. The van der Waals surface area contributed by atoms with E-state index in [0.717, 1.165) is 37.1 Å². The second kappa shape index (κ2) is 11.5. The number of hydrogen-bond donors (Lipinski definition) is 4. The van der Waals surface area contributed by atoms with Gasteiger partial charge in [0.05, 0.1) is 18.7 Å². The molecule has 0 spiro atoms. The monoisotopic (exact) mass is 428 g/mol. The zero-order chi connectivity index (χ0) is 21.3. The lowest BCUT2D eigenvalue weighted by atomic mass is 9.89. The number of amides is 1. The first-order valence-corrected chi connectivity index (χ1v) is 11.8. The predicted molar refractivity (Wildman–Crippen MR) is 121 cm³/mol. The fraction of sp³-hybridized carbons (Fsp3) is 0.458. The van der Waals surface area contributed by atoms with Gasteiger partial charge in [0.25, 0.3) is 0 Å². The second-order valence-corrected chi connectivity index (χ2v) is 8.82. The number of aliphatic hydroxyl groups excluding tert-OH is 2. The minimum atomic E-state index is -0.947. The molecule has 1 saturated heterocycles. The van der Waals surface area contributed by atoms with Gasteiger partial charge >= 0.3 is 0 Å². The second-order valence-electron chi connectivity index (χ2n) is 7.94. The molecule has 1 aliphatic heterocycles. The van der Waals surface area contributed by atoms with Crippen molar-refractivity contribution in [1.82, 2.24) is 10.6 Å². The molecule has 1 heterocycles. The smallest absolute Gasteiger partial charge is 0.237 e. The van der Waals surface area contributed by atoms with Crippen molar-refractivity contribution in [1.29, 1.82) is 0 Å². The third kappa shape index (κ3) is 6.32. The van der Waals surface area contributed by atoms with E-state index in [2.05, 4.69) is 34.9 Å². The molecule has 0 aliphatic carbocycles. The maximum Gasteiger partial charge on any atom is 0.237 e. The summed E-state index contributed by atoms with van der Waals surface area (Å²) < 4.78 is 0. The van der Waals surface area contributed by atoms with Gasteiger partial charge in [-0.05, 0) is 67.7 Å². The van der Waals surface area contributed by atoms with Crippen LogP contribution in [-0.4, -0.2) is 47.6 Å². The summed E-state index contributed by atoms with van der Waals surface area (Å²) in [6, 6.07) is 17.0. The molecule has 0 bridgehead atoms. The number of thioether (sulfide) groups is 1. The van der Waals surface area contributed by atoms with Crippen molar-refractivity contribution in [3.63, 3.8) is 0 Å². The first-order chi connectivity index (χ1) is 14.6. The van der Waals surface area contributed by atoms with Crippen molar-refractivity contribution in [3.8, 4) is 0 Å². The molecule has 2 aromatic carbocycles. The zero-order valence-corrected chi connectivity index (χ0v) is 18.3. The van der Waals surface area contributed by atoms with E-state index in [1.807, 2.05) is 36.6 Å². The number of benzene rings is 2. The molecule has 0 radical (unpaired) electrons. The summed E-state index contributed by atoms with van der Waals surface area (Å²) in [7, 11) is 0. The largest absolute Gasteiger partial charge is 0.394 e. The van der Waals surface area contributed by atoms with Crippen LogP contribution in [0.1, 0.15) is 36.5 Å². The first-order valence-electron chi connectivity index (χ1n) is 10.6. The molecule has 1 fully saturated rings. The molecule has 1 amide bonds. The Labute approximate surface area is 183 Å². The van der Waals surface area contributed by atoms with Crippen LogP contribution >= 0.6 is 11.8 Å². The summed E-state index contributed by atoms with van der Waals surface area (Å²) in [5.41, 5.74) is 2.03. The average molecular weight is 429 g/mol. The van der Waals surface area contributed by atoms with E-state index in [0.29, 0.717) is 11.5 Å². The first kappa shape index (κ1) is 22.8. The van der Waals surface area contributed by atoms with E-state index < -0.39 is 12.1 Å². The number of rotatable bonds is 9. The van der Waals surface area contributed by atoms with E-state index in [9.17, 15) is 15.0 Å². The summed E-state index contributed by atoms with van der Waals surface area (Å²) in [5, 5.41) is 26.5. The Kier molecular flexibility index (Phi) is 8.75. The summed E-state index contributed by atoms with van der Waals surface area (Å²) in [5.74, 6) is 0.402. The van der Waals surface area contributed by atoms with Crippen molar-refractivity contribution >= 4 is 17.7 Å². The van der Waals surface area contributed by atoms with Crippen molar-refractivity contribution in [2.75, 3.05) is 19.4 Å². The summed E-state index contributed by atoms with van der Waals surface area (Å²) in [6.45, 7) is 0.497. The highest BCUT2D eigenvalue weighted by molar-refractivity contribution is 7.98. The van der Waals surface area contributed by atoms with E-state index in [1.165, 1.54) is 5.56 Å². The quantitative estimate of drug-likeness (QED) is 0.462. The standard InChI is InChI=1S/C24H32N2O3S/c1-30-20-12-10-19(11-13-20)23(28)22(16-27)26-24(29)21-14-9-18(15-25-21)8-7-17-5-3-2-4-6-17/h2-6,10-13,18,21-23,25,27-28H,7-9,14-16H2,1H3,(H,26,29). The lowest BCUT2D eigenvalue weighted by Gasteiger charge is -2.31. The molecule has 30 heavy (non-hydrogen) atoms. The van der Waals surface area contributed by atoms with Crippen LogP contribution in [0.5, 0.6) is 0 Å². The molecule has 1 aliphatic rings. The van der Waals surface area contributed by atoms with Crippen LogP contribution in [0.25, 0.3) is 0 Å². The van der Waals surface area contributed by atoms with Crippen molar-refractivity contribution in [3.05, 3.63) is 65.7 Å². The van der Waals surface area contributed by atoms with Gasteiger partial charge in [-0.2, -0.15) is 0 Å². The third-order valence-electron chi connectivity index (χ3n) is 5.88. The van der Waals surface area contributed by atoms with Gasteiger partial charge in [-0.15, -0.1) is 11.8 Å². The van der Waals surface area contributed by atoms with E-state index in [1.54, 1.807) is 11.8 Å². The van der Waals surface area contributed by atoms with Crippen LogP contribution in [-0.2, 0) is 11.2 Å². The Morgan fingerprint density at radius 2 is 1.90 bits per heavy atom. The summed E-state index contributed by atoms with van der Waals surface area (Å²) in [6.07, 6.45) is 4.97. The molecule has 0 aromatic heterocycles. The highest BCUT2D eigenvalue weighted by atomic mass is 32.2. The molecular weight excluding hydrogens is 396 g/mol. The number of carbonyl (C=O) groups excluding carboxylic acids is 1. The topological polar surface area (TPSA) is 81.6 Å². The van der Waals surface area contributed by atoms with Gasteiger partial charge in [0.15, 0.2) is 0 Å². The number of aryl methyl sites for hydroxylation is 1. The SMILES string of the molecule is CSc1ccc(C(O)C(CO)NC(=O)C2CCC(CCc3ccccc3)CN2)cc1. The molecule has 6 heteroatoms. The highest BCUT2D eigenvalue weighted by Crippen LogP contribution is 2.23. The third-order valence-corrected chi connectivity index (χ3v) is 6.62. The Hall–Kier alpha value is -1.86. The maximum absolute atomic E-state index is 12.7. The Balaban J connectivity index is 1.46. The van der Waals surface area contributed by atoms with Crippen LogP contribution in [0, 0.1) is 5.92 Å². The molecule has 162 valence electrons. The number of carbonyl (C=O) groups is 1. The Bertz CT molecular complexity index is 777. The Morgan fingerprint density at radius 1 is 1.17 bits per heavy atom. The fourth-order valence-corrected chi connectivity index (χ4v) is 4.35. The zero-order valence-electron chi connectivity index (χ0n) is 17.5. The van der Waals surface area contributed by atoms with Crippen LogP contribution < -0.4 is 10.6 Å². The lowest BCUT2D eigenvalue weighted by Crippen LogP contribution is -2.53. The lowest BCUT2D eigenvalue weighted by molar-refractivity contribution is -0.126. The molecule has 3 rings (SSSR count). The van der Waals surface area contributed by atoms with Crippen molar-refractivity contribution < 1.29 is 15.0 Å². The van der Waals surface area contributed by atoms with E-state index in [4.69, 9.17) is 0 Å². The molecule has 2 aromatic rings. The van der Waals surface area contributed by atoms with Gasteiger partial charge in [0.1, 0.15) is 6.10 Å². The number of piperidine rings is 1. The minimum absolute atomic E-state index is 0.157. The number of nitrogens with one attached hydrogen (secondary N) is 2. The van der Waals surface area contributed by atoms with Crippen LogP contribution in [0.15, 0.2) is 59.5 Å². The normalized spacial score (nSPS) is 21.0. The van der Waals surface area contributed by atoms with Gasteiger partial charge in [0, 0.05) is 4.90 Å². The van der Waals surface area contributed by atoms with Gasteiger partial charge in [0.2, 0.25) is 5.91 Å². The maximum atomic E-state index is 12.7. The predicted octanol–water partition coefficient (Wildman–Crippen LogP) is 2.92. The molecule has 4 unspecified atom stereocenters. The molecule has 0 saturated carbocycles. The average Bonchev–Trinajstić information content (AvgIpc) is 2.81. The number of aliphatic hydroxyl groups is 2. The highest BCUT2D eigenvalue weighted by Gasteiger charge is 2.29. The van der Waals surface area contributed by atoms with Gasteiger partial charge in [-0.1, -0.05) is 42.5 Å². The number of hydrogen-bond acceptors (Lipinski definition) is 5. The minimum Gasteiger partial charge on any atom is -0.394 e. The molecule has 4 atom stereocenters. The molecule has 5 nitrogen and oxygen atoms in total. The molecular formula is C24H32N2O3S.